The zero-order chi connectivity index (χ0) is 34.4. The maximum absolute atomic E-state index is 2.42. The van der Waals surface area contributed by atoms with Crippen molar-refractivity contribution in [2.75, 3.05) is 0 Å². The Labute approximate surface area is 303 Å². The highest BCUT2D eigenvalue weighted by Gasteiger charge is 2.20. The molecule has 0 heterocycles. The molecule has 0 saturated heterocycles. The number of rotatable bonds is 5. The van der Waals surface area contributed by atoms with E-state index >= 15 is 0 Å². The Morgan fingerprint density at radius 1 is 0.192 bits per heavy atom. The third-order valence-electron chi connectivity index (χ3n) is 10.6. The smallest absolute Gasteiger partial charge is 0.00201 e. The van der Waals surface area contributed by atoms with Gasteiger partial charge < -0.3 is 0 Å². The van der Waals surface area contributed by atoms with Crippen molar-refractivity contribution >= 4 is 43.1 Å². The average Bonchev–Trinajstić information content (AvgIpc) is 3.22. The highest BCUT2D eigenvalue weighted by Crippen LogP contribution is 2.47. The lowest BCUT2D eigenvalue weighted by Crippen LogP contribution is -1.94. The molecule has 0 heteroatoms. The van der Waals surface area contributed by atoms with Crippen LogP contribution in [0.4, 0.5) is 0 Å². The van der Waals surface area contributed by atoms with Crippen LogP contribution in [0, 0.1) is 0 Å². The second kappa shape index (κ2) is 12.5. The summed E-state index contributed by atoms with van der Waals surface area (Å²) in [5, 5.41) is 10.0. The first kappa shape index (κ1) is 30.1. The lowest BCUT2D eigenvalue weighted by Gasteiger charge is -2.21. The fourth-order valence-electron chi connectivity index (χ4n) is 8.23. The van der Waals surface area contributed by atoms with Crippen LogP contribution in [0.15, 0.2) is 206 Å². The summed E-state index contributed by atoms with van der Waals surface area (Å²) in [5.74, 6) is 0. The number of fused-ring (bicyclic) bond motifs is 4. The molecule has 0 atom stereocenters. The van der Waals surface area contributed by atoms with Gasteiger partial charge in [0, 0.05) is 0 Å². The van der Waals surface area contributed by atoms with Crippen LogP contribution in [0.1, 0.15) is 0 Å². The van der Waals surface area contributed by atoms with E-state index in [4.69, 9.17) is 0 Å². The van der Waals surface area contributed by atoms with Crippen LogP contribution in [-0.4, -0.2) is 0 Å². The molecule has 52 heavy (non-hydrogen) atoms. The first-order valence-corrected chi connectivity index (χ1v) is 18.0. The third-order valence-corrected chi connectivity index (χ3v) is 10.6. The predicted octanol–water partition coefficient (Wildman–Crippen LogP) is 14.6. The highest BCUT2D eigenvalue weighted by atomic mass is 14.2. The lowest BCUT2D eigenvalue weighted by atomic mass is 9.82. The van der Waals surface area contributed by atoms with Crippen LogP contribution in [0.3, 0.4) is 0 Å². The van der Waals surface area contributed by atoms with Gasteiger partial charge in [0.15, 0.2) is 0 Å². The summed E-state index contributed by atoms with van der Waals surface area (Å²) in [7, 11) is 0. The molecule has 0 nitrogen and oxygen atoms in total. The molecule has 0 aromatic heterocycles. The van der Waals surface area contributed by atoms with Gasteiger partial charge in [-0.2, -0.15) is 0 Å². The lowest BCUT2D eigenvalue weighted by molar-refractivity contribution is 1.59. The van der Waals surface area contributed by atoms with Crippen LogP contribution in [0.25, 0.3) is 98.7 Å². The molecule has 0 aliphatic carbocycles. The van der Waals surface area contributed by atoms with Crippen LogP contribution in [0.2, 0.25) is 0 Å². The summed E-state index contributed by atoms with van der Waals surface area (Å²) in [5.41, 5.74) is 12.3. The van der Waals surface area contributed by atoms with Crippen molar-refractivity contribution in [3.05, 3.63) is 206 Å². The first-order chi connectivity index (χ1) is 25.8. The third kappa shape index (κ3) is 5.08. The molecule has 10 aromatic rings. The molecule has 0 aliphatic rings. The minimum Gasteiger partial charge on any atom is -0.0622 e. The molecule has 0 bridgehead atoms. The van der Waals surface area contributed by atoms with E-state index < -0.39 is 0 Å². The number of hydrogen-bond acceptors (Lipinski definition) is 0. The van der Waals surface area contributed by atoms with Gasteiger partial charge in [-0.3, -0.25) is 0 Å². The first-order valence-electron chi connectivity index (χ1n) is 18.0. The van der Waals surface area contributed by atoms with Gasteiger partial charge in [-0.1, -0.05) is 182 Å². The summed E-state index contributed by atoms with van der Waals surface area (Å²) < 4.78 is 0. The molecule has 10 rings (SSSR count). The molecular weight excluding hydrogens is 625 g/mol. The van der Waals surface area contributed by atoms with Crippen LogP contribution in [-0.2, 0) is 0 Å². The minimum atomic E-state index is 1.20. The SMILES string of the molecule is c1ccc(-c2cc(-c3cccc4ccccc34)cc(-c3c4ccccc4c(-c4cccc5ccccc45)c4ccc(-c5ccccc5)cc34)c2)cc1. The van der Waals surface area contributed by atoms with Crippen molar-refractivity contribution < 1.29 is 0 Å². The zero-order valence-electron chi connectivity index (χ0n) is 28.6. The van der Waals surface area contributed by atoms with Crippen LogP contribution >= 0.6 is 0 Å². The molecule has 10 aromatic carbocycles. The van der Waals surface area contributed by atoms with Gasteiger partial charge >= 0.3 is 0 Å². The molecule has 0 aliphatic heterocycles. The predicted molar refractivity (Wildman–Crippen MR) is 224 cm³/mol. The van der Waals surface area contributed by atoms with E-state index in [0.717, 1.165) is 0 Å². The molecule has 0 amide bonds. The summed E-state index contributed by atoms with van der Waals surface area (Å²) in [4.78, 5) is 0. The van der Waals surface area contributed by atoms with E-state index in [-0.39, 0.29) is 0 Å². The second-order valence-corrected chi connectivity index (χ2v) is 13.6. The fraction of sp³-hybridized carbons (Fsp3) is 0. The van der Waals surface area contributed by atoms with Gasteiger partial charge in [0.25, 0.3) is 0 Å². The number of benzene rings is 10. The van der Waals surface area contributed by atoms with Gasteiger partial charge in [-0.25, -0.2) is 0 Å². The van der Waals surface area contributed by atoms with E-state index in [1.807, 2.05) is 0 Å². The van der Waals surface area contributed by atoms with Gasteiger partial charge in [0.1, 0.15) is 0 Å². The maximum atomic E-state index is 2.42. The van der Waals surface area contributed by atoms with Crippen LogP contribution in [0.5, 0.6) is 0 Å². The van der Waals surface area contributed by atoms with Crippen molar-refractivity contribution in [3.63, 3.8) is 0 Å². The molecule has 0 fully saturated rings. The standard InChI is InChI=1S/C52H34/c1-3-15-35(16-4-1)39-29-30-49-50(34-39)51(47-25-11-12-26-48(47)52(49)46-28-14-22-38-20-8-10-24-44(38)46)42-32-40(36-17-5-2-6-18-36)31-41(33-42)45-27-13-21-37-19-7-9-23-43(37)45/h1-34H. The number of hydrogen-bond donors (Lipinski definition) is 0. The molecule has 242 valence electrons. The maximum Gasteiger partial charge on any atom is -0.00201 e. The van der Waals surface area contributed by atoms with Gasteiger partial charge in [-0.05, 0) is 123 Å². The minimum absolute atomic E-state index is 1.20. The van der Waals surface area contributed by atoms with Gasteiger partial charge in [0.05, 0.1) is 0 Å². The van der Waals surface area contributed by atoms with E-state index in [9.17, 15) is 0 Å². The van der Waals surface area contributed by atoms with Crippen LogP contribution < -0.4 is 0 Å². The average molecular weight is 659 g/mol. The molecule has 0 unspecified atom stereocenters. The quantitative estimate of drug-likeness (QED) is 0.161. The Hall–Kier alpha value is -6.76. The van der Waals surface area contributed by atoms with Gasteiger partial charge in [-0.15, -0.1) is 0 Å². The summed E-state index contributed by atoms with van der Waals surface area (Å²) in [6, 6.07) is 75.7. The van der Waals surface area contributed by atoms with E-state index in [2.05, 4.69) is 206 Å². The monoisotopic (exact) mass is 658 g/mol. The van der Waals surface area contributed by atoms with Crippen molar-refractivity contribution in [2.45, 2.75) is 0 Å². The fourth-order valence-corrected chi connectivity index (χ4v) is 8.23. The van der Waals surface area contributed by atoms with E-state index in [1.54, 1.807) is 0 Å². The zero-order valence-corrected chi connectivity index (χ0v) is 28.6. The summed E-state index contributed by atoms with van der Waals surface area (Å²) >= 11 is 0. The topological polar surface area (TPSA) is 0 Å². The summed E-state index contributed by atoms with van der Waals surface area (Å²) in [6.45, 7) is 0. The molecule has 0 radical (unpaired) electrons. The van der Waals surface area contributed by atoms with Gasteiger partial charge in [0.2, 0.25) is 0 Å². The largest absolute Gasteiger partial charge is 0.0622 e. The van der Waals surface area contributed by atoms with Crippen molar-refractivity contribution in [1.82, 2.24) is 0 Å². The Balaban J connectivity index is 1.35. The molecule has 0 saturated carbocycles. The Bertz CT molecular complexity index is 2920. The normalized spacial score (nSPS) is 11.5. The molecule has 0 spiro atoms. The Kier molecular flexibility index (Phi) is 7.25. The van der Waals surface area contributed by atoms with Crippen molar-refractivity contribution in [2.24, 2.45) is 0 Å². The highest BCUT2D eigenvalue weighted by molar-refractivity contribution is 6.24. The molecular formula is C52H34. The van der Waals surface area contributed by atoms with E-state index in [1.165, 1.54) is 98.7 Å². The Morgan fingerprint density at radius 2 is 0.654 bits per heavy atom. The van der Waals surface area contributed by atoms with Crippen molar-refractivity contribution in [3.8, 4) is 55.6 Å². The summed E-state index contributed by atoms with van der Waals surface area (Å²) in [6.07, 6.45) is 0. The Morgan fingerprint density at radius 3 is 1.33 bits per heavy atom. The second-order valence-electron chi connectivity index (χ2n) is 13.6. The van der Waals surface area contributed by atoms with Crippen molar-refractivity contribution in [1.29, 1.82) is 0 Å². The molecule has 0 N–H and O–H groups in total. The van der Waals surface area contributed by atoms with E-state index in [0.29, 0.717) is 0 Å².